The Bertz CT molecular complexity index is 2710. The van der Waals surface area contributed by atoms with E-state index in [-0.39, 0.29) is 30.1 Å². The van der Waals surface area contributed by atoms with Crippen molar-refractivity contribution in [3.05, 3.63) is 250 Å². The highest BCUT2D eigenvalue weighted by Crippen LogP contribution is 2.57. The summed E-state index contributed by atoms with van der Waals surface area (Å²) in [4.78, 5) is 10.3. The van der Waals surface area contributed by atoms with Gasteiger partial charge in [0.15, 0.2) is 6.17 Å². The lowest BCUT2D eigenvalue weighted by molar-refractivity contribution is 0.159. The number of hydrazine groups is 1. The number of allylic oxidation sites excluding steroid dienone is 10. The van der Waals surface area contributed by atoms with Crippen LogP contribution in [0.15, 0.2) is 221 Å². The van der Waals surface area contributed by atoms with Gasteiger partial charge in [-0.25, -0.2) is 15.4 Å². The highest BCUT2D eigenvalue weighted by Gasteiger charge is 2.48. The molecule has 3 aliphatic carbocycles. The van der Waals surface area contributed by atoms with E-state index in [0.29, 0.717) is 5.92 Å². The summed E-state index contributed by atoms with van der Waals surface area (Å²) in [5.74, 6) is 2.55. The topological polar surface area (TPSA) is 52.0 Å². The van der Waals surface area contributed by atoms with Gasteiger partial charge in [0.2, 0.25) is 0 Å². The molecular formula is C56H49N5. The van der Waals surface area contributed by atoms with Crippen LogP contribution in [0.2, 0.25) is 0 Å². The van der Waals surface area contributed by atoms with Gasteiger partial charge in [-0.1, -0.05) is 200 Å². The summed E-state index contributed by atoms with van der Waals surface area (Å²) in [6, 6.07) is 50.9. The van der Waals surface area contributed by atoms with E-state index < -0.39 is 0 Å². The van der Waals surface area contributed by atoms with Crippen LogP contribution in [0.4, 0.5) is 0 Å². The van der Waals surface area contributed by atoms with Crippen LogP contribution < -0.4 is 10.7 Å². The highest BCUT2D eigenvalue weighted by molar-refractivity contribution is 6.11. The van der Waals surface area contributed by atoms with E-state index in [0.717, 1.165) is 48.5 Å². The smallest absolute Gasteiger partial charge is 0.169 e. The standard InChI is InChI=1S/C56H49N5/c1-6-18-40(19-7-1)50-51(42-20-8-2-9-21-42)60-61-52(43-22-10-3-11-23-43)49(47-28-16-17-29-48(47)53(50)61)41-34-30-38(31-35-41)39-32-36-46(37-33-39)56-58-54(44-24-12-4-13-25-44)57-55(59-56)45-26-14-5-15-27-45/h1-6,8-18,20-26,28-34,36-37,41,45,49,51-52,56,60H,7,19,27,35H2,(H,57,58,59). The lowest BCUT2D eigenvalue weighted by Gasteiger charge is -2.46. The summed E-state index contributed by atoms with van der Waals surface area (Å²) in [5, 5.41) is 6.13. The first kappa shape index (κ1) is 37.2. The predicted octanol–water partition coefficient (Wildman–Crippen LogP) is 12.3. The second-order valence-corrected chi connectivity index (χ2v) is 16.8. The fourth-order valence-corrected chi connectivity index (χ4v) is 10.2. The number of rotatable bonds is 8. The quantitative estimate of drug-likeness (QED) is 0.165. The average molecular weight is 792 g/mol. The Hall–Kier alpha value is -6.82. The van der Waals surface area contributed by atoms with Crippen LogP contribution in [0.1, 0.15) is 88.8 Å². The second-order valence-electron chi connectivity index (χ2n) is 16.8. The Morgan fingerprint density at radius 3 is 2.10 bits per heavy atom. The first-order valence-electron chi connectivity index (χ1n) is 21.9. The fourth-order valence-electron chi connectivity index (χ4n) is 10.2. The molecule has 5 aromatic carbocycles. The van der Waals surface area contributed by atoms with Crippen molar-refractivity contribution >= 4 is 22.9 Å². The Morgan fingerprint density at radius 2 is 1.38 bits per heavy atom. The van der Waals surface area contributed by atoms with Crippen molar-refractivity contribution in [2.24, 2.45) is 21.8 Å². The molecule has 0 spiro atoms. The Balaban J connectivity index is 0.920. The van der Waals surface area contributed by atoms with E-state index in [1.807, 2.05) is 6.07 Å². The van der Waals surface area contributed by atoms with E-state index >= 15 is 0 Å². The van der Waals surface area contributed by atoms with Gasteiger partial charge in [0.25, 0.3) is 0 Å². The number of benzene rings is 5. The molecule has 5 aromatic rings. The molecule has 0 bridgehead atoms. The average Bonchev–Trinajstić information content (AvgIpc) is 3.76. The minimum Gasteiger partial charge on any atom is -0.328 e. The molecule has 6 unspecified atom stereocenters. The zero-order valence-electron chi connectivity index (χ0n) is 34.2. The lowest BCUT2D eigenvalue weighted by atomic mass is 9.70. The summed E-state index contributed by atoms with van der Waals surface area (Å²) >= 11 is 0. The molecule has 5 heteroatoms. The summed E-state index contributed by atoms with van der Waals surface area (Å²) < 4.78 is 0. The van der Waals surface area contributed by atoms with Gasteiger partial charge in [-0.2, -0.15) is 0 Å². The number of hydrogen-bond donors (Lipinski definition) is 2. The highest BCUT2D eigenvalue weighted by atomic mass is 15.6. The normalized spacial score (nSPS) is 25.2. The van der Waals surface area contributed by atoms with Crippen LogP contribution in [0.25, 0.3) is 11.3 Å². The molecular weight excluding hydrogens is 743 g/mol. The van der Waals surface area contributed by atoms with Gasteiger partial charge in [-0.3, -0.25) is 5.01 Å². The fraction of sp³-hybridized carbons (Fsp3) is 0.179. The van der Waals surface area contributed by atoms with Crippen molar-refractivity contribution in [2.45, 2.75) is 49.9 Å². The SMILES string of the molecule is C1=CCCC(C2=C3c4ccccc4C(C4C=CC(c5ccc(C6N=C(c7ccccc7)NC(C7C=CC=CC7)=N6)cc5)=CC4)C(c4ccccc4)N3NC2c2ccccc2)=C1. The first-order valence-corrected chi connectivity index (χ1v) is 21.9. The number of nitrogens with one attached hydrogen (secondary N) is 2. The second kappa shape index (κ2) is 16.3. The van der Waals surface area contributed by atoms with Gasteiger partial charge in [0.1, 0.15) is 11.7 Å². The molecule has 6 aliphatic rings. The van der Waals surface area contributed by atoms with Gasteiger partial charge < -0.3 is 5.32 Å². The van der Waals surface area contributed by atoms with Gasteiger partial charge in [0, 0.05) is 28.5 Å². The van der Waals surface area contributed by atoms with Crippen LogP contribution in [-0.2, 0) is 0 Å². The Morgan fingerprint density at radius 1 is 0.623 bits per heavy atom. The minimum absolute atomic E-state index is 0.0577. The number of aliphatic imine (C=N–C) groups is 2. The number of nitrogens with zero attached hydrogens (tertiary/aromatic N) is 3. The summed E-state index contributed by atoms with van der Waals surface area (Å²) in [6.07, 6.45) is 26.5. The lowest BCUT2D eigenvalue weighted by Crippen LogP contribution is -2.43. The van der Waals surface area contributed by atoms with Crippen molar-refractivity contribution in [3.63, 3.8) is 0 Å². The van der Waals surface area contributed by atoms with Gasteiger partial charge in [0.05, 0.1) is 17.8 Å². The molecule has 3 heterocycles. The Kier molecular flexibility index (Phi) is 9.96. The number of hydrogen-bond acceptors (Lipinski definition) is 5. The van der Waals surface area contributed by atoms with E-state index in [2.05, 4.69) is 210 Å². The third-order valence-corrected chi connectivity index (χ3v) is 13.2. The molecule has 3 aliphatic heterocycles. The molecule has 0 radical (unpaired) electrons. The maximum Gasteiger partial charge on any atom is 0.169 e. The molecule has 0 aromatic heterocycles. The van der Waals surface area contributed by atoms with Crippen molar-refractivity contribution in [1.82, 2.24) is 15.8 Å². The third kappa shape index (κ3) is 7.09. The van der Waals surface area contributed by atoms with E-state index in [9.17, 15) is 0 Å². The molecule has 11 rings (SSSR count). The van der Waals surface area contributed by atoms with Crippen molar-refractivity contribution in [1.29, 1.82) is 0 Å². The van der Waals surface area contributed by atoms with Gasteiger partial charge in [-0.05, 0) is 70.6 Å². The van der Waals surface area contributed by atoms with Crippen LogP contribution in [0.5, 0.6) is 0 Å². The maximum atomic E-state index is 5.17. The molecule has 0 amide bonds. The zero-order valence-corrected chi connectivity index (χ0v) is 34.2. The molecule has 5 nitrogen and oxygen atoms in total. The third-order valence-electron chi connectivity index (χ3n) is 13.2. The maximum absolute atomic E-state index is 5.17. The molecule has 298 valence electrons. The van der Waals surface area contributed by atoms with Crippen LogP contribution in [0.3, 0.4) is 0 Å². The molecule has 0 fully saturated rings. The van der Waals surface area contributed by atoms with Gasteiger partial charge in [-0.15, -0.1) is 0 Å². The predicted molar refractivity (Wildman–Crippen MR) is 250 cm³/mol. The largest absolute Gasteiger partial charge is 0.328 e. The number of amidine groups is 2. The molecule has 2 N–H and O–H groups in total. The van der Waals surface area contributed by atoms with Crippen molar-refractivity contribution < 1.29 is 0 Å². The summed E-state index contributed by atoms with van der Waals surface area (Å²) in [6.45, 7) is 0. The van der Waals surface area contributed by atoms with E-state index in [4.69, 9.17) is 9.98 Å². The van der Waals surface area contributed by atoms with E-state index in [1.54, 1.807) is 0 Å². The van der Waals surface area contributed by atoms with Crippen molar-refractivity contribution in [2.75, 3.05) is 0 Å². The molecule has 0 saturated carbocycles. The summed E-state index contributed by atoms with van der Waals surface area (Å²) in [7, 11) is 0. The van der Waals surface area contributed by atoms with Crippen LogP contribution in [0, 0.1) is 11.8 Å². The van der Waals surface area contributed by atoms with Crippen LogP contribution in [-0.4, -0.2) is 16.7 Å². The molecule has 0 saturated heterocycles. The zero-order chi connectivity index (χ0) is 40.5. The van der Waals surface area contributed by atoms with E-state index in [1.165, 1.54) is 50.2 Å². The van der Waals surface area contributed by atoms with Gasteiger partial charge >= 0.3 is 0 Å². The monoisotopic (exact) mass is 791 g/mol. The number of fused-ring (bicyclic) bond motifs is 3. The van der Waals surface area contributed by atoms with Crippen LogP contribution >= 0.6 is 0 Å². The Labute approximate surface area is 359 Å². The summed E-state index contributed by atoms with van der Waals surface area (Å²) in [5.41, 5.74) is 18.3. The van der Waals surface area contributed by atoms with Crippen molar-refractivity contribution in [3.8, 4) is 0 Å². The first-order chi connectivity index (χ1) is 30.3. The molecule has 6 atom stereocenters. The minimum atomic E-state index is -0.313. The molecule has 61 heavy (non-hydrogen) atoms.